The summed E-state index contributed by atoms with van der Waals surface area (Å²) in [6.07, 6.45) is 2.30. The number of carboxylic acid groups (broad SMARTS) is 1. The highest BCUT2D eigenvalue weighted by atomic mass is 35.5. The molecular formula is C7H11ClN2O2. The van der Waals surface area contributed by atoms with Gasteiger partial charge in [-0.2, -0.15) is 0 Å². The maximum atomic E-state index is 10.1. The van der Waals surface area contributed by atoms with Gasteiger partial charge in [-0.3, -0.25) is 4.79 Å². The highest BCUT2D eigenvalue weighted by Gasteiger charge is 2.00. The Bertz CT molecular complexity index is 260. The number of aryl methyl sites for hydroxylation is 2. The molecule has 0 saturated heterocycles. The van der Waals surface area contributed by atoms with Crippen LogP contribution in [0, 0.1) is 6.92 Å². The molecule has 0 aromatic carbocycles. The van der Waals surface area contributed by atoms with Gasteiger partial charge in [-0.05, 0) is 6.92 Å². The molecule has 0 fully saturated rings. The number of carboxylic acids is 1. The minimum Gasteiger partial charge on any atom is -0.481 e. The molecule has 0 amide bonds. The second-order valence-corrected chi connectivity index (χ2v) is 2.41. The third kappa shape index (κ3) is 3.39. The average molecular weight is 191 g/mol. The van der Waals surface area contributed by atoms with Gasteiger partial charge in [0.05, 0.1) is 6.42 Å². The molecule has 0 aliphatic heterocycles. The van der Waals surface area contributed by atoms with Crippen molar-refractivity contribution < 1.29 is 9.90 Å². The van der Waals surface area contributed by atoms with E-state index in [1.54, 1.807) is 6.20 Å². The highest BCUT2D eigenvalue weighted by molar-refractivity contribution is 5.85. The number of aromatic nitrogens is 2. The van der Waals surface area contributed by atoms with E-state index in [1.807, 2.05) is 6.92 Å². The van der Waals surface area contributed by atoms with E-state index < -0.39 is 5.97 Å². The Morgan fingerprint density at radius 3 is 2.83 bits per heavy atom. The molecule has 2 N–H and O–H groups in total. The van der Waals surface area contributed by atoms with Crippen molar-refractivity contribution in [3.63, 3.8) is 0 Å². The van der Waals surface area contributed by atoms with Crippen LogP contribution in [-0.2, 0) is 11.2 Å². The van der Waals surface area contributed by atoms with Crippen LogP contribution < -0.4 is 0 Å². The van der Waals surface area contributed by atoms with Crippen molar-refractivity contribution in [1.29, 1.82) is 0 Å². The van der Waals surface area contributed by atoms with Crippen molar-refractivity contribution in [2.24, 2.45) is 0 Å². The minimum absolute atomic E-state index is 0. The second-order valence-electron chi connectivity index (χ2n) is 2.41. The number of aromatic amines is 1. The van der Waals surface area contributed by atoms with Gasteiger partial charge in [-0.25, -0.2) is 4.98 Å². The summed E-state index contributed by atoms with van der Waals surface area (Å²) in [7, 11) is 0. The third-order valence-corrected chi connectivity index (χ3v) is 1.33. The molecule has 0 atom stereocenters. The predicted octanol–water partition coefficient (Wildman–Crippen LogP) is 1.16. The molecule has 0 aliphatic carbocycles. The topological polar surface area (TPSA) is 66.0 Å². The van der Waals surface area contributed by atoms with Crippen molar-refractivity contribution in [3.05, 3.63) is 17.7 Å². The van der Waals surface area contributed by atoms with Crippen LogP contribution in [0.25, 0.3) is 0 Å². The van der Waals surface area contributed by atoms with Gasteiger partial charge >= 0.3 is 5.97 Å². The molecule has 68 valence electrons. The van der Waals surface area contributed by atoms with Crippen LogP contribution in [0.1, 0.15) is 17.9 Å². The zero-order valence-corrected chi connectivity index (χ0v) is 7.52. The number of nitrogens with one attached hydrogen (secondary N) is 1. The average Bonchev–Trinajstić information content (AvgIpc) is 2.31. The first-order chi connectivity index (χ1) is 5.18. The number of carbonyl (C=O) groups is 1. The van der Waals surface area contributed by atoms with Gasteiger partial charge in [-0.15, -0.1) is 12.4 Å². The third-order valence-electron chi connectivity index (χ3n) is 1.33. The van der Waals surface area contributed by atoms with Gasteiger partial charge in [0, 0.05) is 18.3 Å². The smallest absolute Gasteiger partial charge is 0.303 e. The quantitative estimate of drug-likeness (QED) is 0.752. The van der Waals surface area contributed by atoms with Crippen LogP contribution in [0.4, 0.5) is 0 Å². The number of imidazole rings is 1. The number of nitrogens with zero attached hydrogens (tertiary/aromatic N) is 1. The van der Waals surface area contributed by atoms with Crippen LogP contribution >= 0.6 is 12.4 Å². The molecule has 1 aromatic heterocycles. The Morgan fingerprint density at radius 2 is 2.42 bits per heavy atom. The van der Waals surface area contributed by atoms with Gasteiger partial charge in [-0.1, -0.05) is 0 Å². The fourth-order valence-corrected chi connectivity index (χ4v) is 0.819. The molecule has 12 heavy (non-hydrogen) atoms. The summed E-state index contributed by atoms with van der Waals surface area (Å²) in [6, 6.07) is 0. The van der Waals surface area contributed by atoms with Crippen molar-refractivity contribution in [1.82, 2.24) is 9.97 Å². The van der Waals surface area contributed by atoms with Crippen molar-refractivity contribution >= 4 is 18.4 Å². The largest absolute Gasteiger partial charge is 0.481 e. The predicted molar refractivity (Wildman–Crippen MR) is 46.5 cm³/mol. The van der Waals surface area contributed by atoms with E-state index in [9.17, 15) is 4.79 Å². The van der Waals surface area contributed by atoms with Crippen LogP contribution in [0.5, 0.6) is 0 Å². The summed E-state index contributed by atoms with van der Waals surface area (Å²) in [5.41, 5.74) is 0.963. The van der Waals surface area contributed by atoms with E-state index in [4.69, 9.17) is 5.11 Å². The lowest BCUT2D eigenvalue weighted by Crippen LogP contribution is -1.98. The number of rotatable bonds is 3. The number of halogens is 1. The molecule has 1 aromatic rings. The fourth-order valence-electron chi connectivity index (χ4n) is 0.819. The first-order valence-electron chi connectivity index (χ1n) is 3.41. The zero-order valence-electron chi connectivity index (χ0n) is 6.70. The van der Waals surface area contributed by atoms with E-state index in [1.165, 1.54) is 0 Å². The van der Waals surface area contributed by atoms with E-state index in [0.29, 0.717) is 6.42 Å². The lowest BCUT2D eigenvalue weighted by Gasteiger charge is -1.90. The maximum Gasteiger partial charge on any atom is 0.303 e. The molecule has 0 saturated carbocycles. The molecule has 0 bridgehead atoms. The van der Waals surface area contributed by atoms with Gasteiger partial charge in [0.25, 0.3) is 0 Å². The first kappa shape index (κ1) is 11.0. The Kier molecular flexibility index (Phi) is 4.36. The molecular weight excluding hydrogens is 180 g/mol. The molecule has 1 rings (SSSR count). The van der Waals surface area contributed by atoms with E-state index in [-0.39, 0.29) is 18.8 Å². The highest BCUT2D eigenvalue weighted by Crippen LogP contribution is 1.98. The Balaban J connectivity index is 0.00000121. The van der Waals surface area contributed by atoms with E-state index in [0.717, 1.165) is 11.5 Å². The number of hydrogen-bond donors (Lipinski definition) is 2. The number of hydrogen-bond acceptors (Lipinski definition) is 2. The minimum atomic E-state index is -0.793. The zero-order chi connectivity index (χ0) is 8.27. The first-order valence-corrected chi connectivity index (χ1v) is 3.41. The van der Waals surface area contributed by atoms with Crippen molar-refractivity contribution in [2.45, 2.75) is 19.8 Å². The summed E-state index contributed by atoms with van der Waals surface area (Å²) in [4.78, 5) is 17.1. The Hall–Kier alpha value is -1.03. The summed E-state index contributed by atoms with van der Waals surface area (Å²) >= 11 is 0. The second kappa shape index (κ2) is 4.77. The van der Waals surface area contributed by atoms with Gasteiger partial charge < -0.3 is 10.1 Å². The van der Waals surface area contributed by atoms with Crippen LogP contribution in [-0.4, -0.2) is 21.0 Å². The van der Waals surface area contributed by atoms with E-state index in [2.05, 4.69) is 9.97 Å². The molecule has 0 radical (unpaired) electrons. The molecule has 1 heterocycles. The number of H-pyrrole nitrogens is 1. The molecule has 0 unspecified atom stereocenters. The summed E-state index contributed by atoms with van der Waals surface area (Å²) in [5.74, 6) is -0.0519. The molecule has 0 spiro atoms. The summed E-state index contributed by atoms with van der Waals surface area (Å²) < 4.78 is 0. The SMILES string of the molecule is Cc1cnc(CCC(=O)O)[nH]1.Cl. The maximum absolute atomic E-state index is 10.1. The normalized spacial score (nSPS) is 9.08. The van der Waals surface area contributed by atoms with Crippen LogP contribution in [0.3, 0.4) is 0 Å². The number of aliphatic carboxylic acids is 1. The van der Waals surface area contributed by atoms with Gasteiger partial charge in [0.15, 0.2) is 0 Å². The van der Waals surface area contributed by atoms with Crippen molar-refractivity contribution in [2.75, 3.05) is 0 Å². The summed E-state index contributed by atoms with van der Waals surface area (Å²) in [6.45, 7) is 1.89. The standard InChI is InChI=1S/C7H10N2O2.ClH/c1-5-4-8-6(9-5)2-3-7(10)11;/h4H,2-3H2,1H3,(H,8,9)(H,10,11);1H. The van der Waals surface area contributed by atoms with Crippen LogP contribution in [0.2, 0.25) is 0 Å². The van der Waals surface area contributed by atoms with Crippen LogP contribution in [0.15, 0.2) is 6.20 Å². The Morgan fingerprint density at radius 1 is 1.75 bits per heavy atom. The van der Waals surface area contributed by atoms with Crippen molar-refractivity contribution in [3.8, 4) is 0 Å². The molecule has 4 nitrogen and oxygen atoms in total. The van der Waals surface area contributed by atoms with Gasteiger partial charge in [0.1, 0.15) is 5.82 Å². The monoisotopic (exact) mass is 190 g/mol. The molecule has 5 heteroatoms. The van der Waals surface area contributed by atoms with E-state index >= 15 is 0 Å². The fraction of sp³-hybridized carbons (Fsp3) is 0.429. The lowest BCUT2D eigenvalue weighted by molar-refractivity contribution is -0.137. The molecule has 0 aliphatic rings. The lowest BCUT2D eigenvalue weighted by atomic mass is 10.3. The Labute approximate surface area is 76.4 Å². The van der Waals surface area contributed by atoms with Gasteiger partial charge in [0.2, 0.25) is 0 Å². The summed E-state index contributed by atoms with van der Waals surface area (Å²) in [5, 5.41) is 8.34.